The molecule has 0 atom stereocenters. The second kappa shape index (κ2) is 5.23. The van der Waals surface area contributed by atoms with Crippen molar-refractivity contribution < 1.29 is 13.6 Å². The van der Waals surface area contributed by atoms with Crippen LogP contribution in [0.15, 0.2) is 24.3 Å². The third-order valence-electron chi connectivity index (χ3n) is 1.50. The van der Waals surface area contributed by atoms with Crippen molar-refractivity contribution in [1.82, 2.24) is 5.32 Å². The van der Waals surface area contributed by atoms with Crippen LogP contribution in [0.1, 0.15) is 10.4 Å². The third kappa shape index (κ3) is 3.57. The van der Waals surface area contributed by atoms with Gasteiger partial charge < -0.3 is 5.32 Å². The quantitative estimate of drug-likeness (QED) is 0.853. The van der Waals surface area contributed by atoms with Gasteiger partial charge in [-0.05, 0) is 40.8 Å². The molecule has 0 unspecified atom stereocenters. The molecule has 1 aromatic rings. The van der Waals surface area contributed by atoms with Crippen molar-refractivity contribution in [2.45, 2.75) is 6.43 Å². The highest BCUT2D eigenvalue weighted by Gasteiger charge is 2.08. The molecule has 1 amide bonds. The number of nitrogens with one attached hydrogen (secondary N) is 1. The van der Waals surface area contributed by atoms with Crippen molar-refractivity contribution in [3.63, 3.8) is 0 Å². The molecule has 1 rings (SSSR count). The first-order chi connectivity index (χ1) is 6.59. The zero-order valence-electron chi connectivity index (χ0n) is 7.14. The number of carbonyl (C=O) groups excluding carboxylic acids is 1. The van der Waals surface area contributed by atoms with E-state index >= 15 is 0 Å². The van der Waals surface area contributed by atoms with E-state index in [-0.39, 0.29) is 0 Å². The molecular weight excluding hydrogens is 303 g/mol. The summed E-state index contributed by atoms with van der Waals surface area (Å²) >= 11 is 2.05. The molecule has 0 aliphatic carbocycles. The van der Waals surface area contributed by atoms with Crippen molar-refractivity contribution in [2.75, 3.05) is 6.54 Å². The van der Waals surface area contributed by atoms with E-state index in [1.54, 1.807) is 18.2 Å². The predicted octanol–water partition coefficient (Wildman–Crippen LogP) is 2.29. The van der Waals surface area contributed by atoms with Gasteiger partial charge in [0, 0.05) is 9.13 Å². The molecule has 5 heteroatoms. The molecule has 0 heterocycles. The maximum Gasteiger partial charge on any atom is 0.255 e. The average molecular weight is 311 g/mol. The SMILES string of the molecule is O=C(NCC(F)F)c1cccc(I)c1. The van der Waals surface area contributed by atoms with Crippen LogP contribution in [0.5, 0.6) is 0 Å². The first-order valence-corrected chi connectivity index (χ1v) is 4.99. The molecule has 76 valence electrons. The minimum Gasteiger partial charge on any atom is -0.346 e. The van der Waals surface area contributed by atoms with Gasteiger partial charge in [0.2, 0.25) is 0 Å². The van der Waals surface area contributed by atoms with Crippen molar-refractivity contribution in [2.24, 2.45) is 0 Å². The van der Waals surface area contributed by atoms with Crippen molar-refractivity contribution in [3.05, 3.63) is 33.4 Å². The second-order valence-corrected chi connectivity index (χ2v) is 3.86. The minimum absolute atomic E-state index is 0.401. The number of hydrogen-bond donors (Lipinski definition) is 1. The van der Waals surface area contributed by atoms with Crippen molar-refractivity contribution >= 4 is 28.5 Å². The lowest BCUT2D eigenvalue weighted by atomic mass is 10.2. The van der Waals surface area contributed by atoms with Gasteiger partial charge >= 0.3 is 0 Å². The van der Waals surface area contributed by atoms with Gasteiger partial charge in [0.1, 0.15) is 0 Å². The van der Waals surface area contributed by atoms with E-state index in [9.17, 15) is 13.6 Å². The van der Waals surface area contributed by atoms with Gasteiger partial charge in [-0.3, -0.25) is 4.79 Å². The fourth-order valence-electron chi connectivity index (χ4n) is 0.902. The Morgan fingerprint density at radius 3 is 2.79 bits per heavy atom. The largest absolute Gasteiger partial charge is 0.346 e. The molecule has 0 bridgehead atoms. The van der Waals surface area contributed by atoms with E-state index in [1.165, 1.54) is 0 Å². The first-order valence-electron chi connectivity index (χ1n) is 3.91. The lowest BCUT2D eigenvalue weighted by Crippen LogP contribution is -2.28. The summed E-state index contributed by atoms with van der Waals surface area (Å²) in [6.45, 7) is -0.607. The average Bonchev–Trinajstić information content (AvgIpc) is 2.14. The number of hydrogen-bond acceptors (Lipinski definition) is 1. The summed E-state index contributed by atoms with van der Waals surface area (Å²) in [6.07, 6.45) is -2.51. The van der Waals surface area contributed by atoms with E-state index in [4.69, 9.17) is 0 Å². The second-order valence-electron chi connectivity index (χ2n) is 2.61. The summed E-state index contributed by atoms with van der Waals surface area (Å²) in [5.74, 6) is -0.469. The number of halogens is 3. The Balaban J connectivity index is 2.61. The smallest absolute Gasteiger partial charge is 0.255 e. The molecule has 0 aromatic heterocycles. The van der Waals surface area contributed by atoms with Crippen molar-refractivity contribution in [3.8, 4) is 0 Å². The van der Waals surface area contributed by atoms with Crippen LogP contribution >= 0.6 is 22.6 Å². The number of carbonyl (C=O) groups is 1. The zero-order valence-corrected chi connectivity index (χ0v) is 9.29. The van der Waals surface area contributed by atoms with Gasteiger partial charge in [-0.15, -0.1) is 0 Å². The maximum atomic E-state index is 11.8. The Hall–Kier alpha value is -0.720. The Bertz CT molecular complexity index is 330. The predicted molar refractivity (Wildman–Crippen MR) is 57.5 cm³/mol. The number of alkyl halides is 2. The Kier molecular flexibility index (Phi) is 4.24. The molecule has 0 aliphatic heterocycles. The summed E-state index contributed by atoms with van der Waals surface area (Å²) in [4.78, 5) is 11.3. The monoisotopic (exact) mass is 311 g/mol. The molecule has 0 aliphatic rings. The van der Waals surface area contributed by atoms with Gasteiger partial charge in [-0.2, -0.15) is 0 Å². The molecule has 0 radical (unpaired) electrons. The topological polar surface area (TPSA) is 29.1 Å². The van der Waals surface area contributed by atoms with E-state index < -0.39 is 18.9 Å². The first kappa shape index (κ1) is 11.4. The Morgan fingerprint density at radius 1 is 1.50 bits per heavy atom. The van der Waals surface area contributed by atoms with Crippen LogP contribution in [-0.2, 0) is 0 Å². The van der Waals surface area contributed by atoms with Crippen LogP contribution in [0.25, 0.3) is 0 Å². The number of benzene rings is 1. The fourth-order valence-corrected chi connectivity index (χ4v) is 1.44. The van der Waals surface area contributed by atoms with E-state index in [2.05, 4.69) is 27.9 Å². The lowest BCUT2D eigenvalue weighted by Gasteiger charge is -2.04. The highest BCUT2D eigenvalue weighted by atomic mass is 127. The molecule has 0 saturated heterocycles. The van der Waals surface area contributed by atoms with Crippen LogP contribution < -0.4 is 5.32 Å². The Morgan fingerprint density at radius 2 is 2.21 bits per heavy atom. The van der Waals surface area contributed by atoms with E-state index in [0.29, 0.717) is 5.56 Å². The van der Waals surface area contributed by atoms with Gasteiger partial charge in [0.15, 0.2) is 0 Å². The highest BCUT2D eigenvalue weighted by molar-refractivity contribution is 14.1. The van der Waals surface area contributed by atoms with E-state index in [0.717, 1.165) is 3.57 Å². The Labute approximate surface area is 93.8 Å². The summed E-state index contributed by atoms with van der Waals surface area (Å²) in [5.41, 5.74) is 0.401. The molecule has 1 N–H and O–H groups in total. The van der Waals surface area contributed by atoms with Gasteiger partial charge in [-0.25, -0.2) is 8.78 Å². The van der Waals surface area contributed by atoms with Gasteiger partial charge in [0.05, 0.1) is 6.54 Å². The fraction of sp³-hybridized carbons (Fsp3) is 0.222. The van der Waals surface area contributed by atoms with Crippen LogP contribution in [0.2, 0.25) is 0 Å². The van der Waals surface area contributed by atoms with Crippen LogP contribution in [0.4, 0.5) is 8.78 Å². The third-order valence-corrected chi connectivity index (χ3v) is 2.17. The summed E-state index contributed by atoms with van der Waals surface area (Å²) < 4.78 is 24.4. The molecule has 2 nitrogen and oxygen atoms in total. The van der Waals surface area contributed by atoms with Gasteiger partial charge in [-0.1, -0.05) is 6.07 Å². The maximum absolute atomic E-state index is 11.8. The normalized spacial score (nSPS) is 10.3. The summed E-state index contributed by atoms with van der Waals surface area (Å²) in [7, 11) is 0. The molecule has 0 spiro atoms. The summed E-state index contributed by atoms with van der Waals surface area (Å²) in [5, 5.41) is 2.13. The summed E-state index contributed by atoms with van der Waals surface area (Å²) in [6, 6.07) is 6.76. The standard InChI is InChI=1S/C9H8F2INO/c10-8(11)5-13-9(14)6-2-1-3-7(12)4-6/h1-4,8H,5H2,(H,13,14). The molecular formula is C9H8F2INO. The van der Waals surface area contributed by atoms with Gasteiger partial charge in [0.25, 0.3) is 12.3 Å². The van der Waals surface area contributed by atoms with Crippen LogP contribution in [-0.4, -0.2) is 18.9 Å². The number of rotatable bonds is 3. The minimum atomic E-state index is -2.51. The molecule has 1 aromatic carbocycles. The van der Waals surface area contributed by atoms with Crippen LogP contribution in [0.3, 0.4) is 0 Å². The lowest BCUT2D eigenvalue weighted by molar-refractivity contribution is 0.0891. The van der Waals surface area contributed by atoms with Crippen molar-refractivity contribution in [1.29, 1.82) is 0 Å². The zero-order chi connectivity index (χ0) is 10.6. The molecule has 14 heavy (non-hydrogen) atoms. The molecule has 0 saturated carbocycles. The van der Waals surface area contributed by atoms with Crippen LogP contribution in [0, 0.1) is 3.57 Å². The van der Waals surface area contributed by atoms with E-state index in [1.807, 2.05) is 6.07 Å². The highest BCUT2D eigenvalue weighted by Crippen LogP contribution is 2.07. The molecule has 0 fully saturated rings. The number of amides is 1.